The van der Waals surface area contributed by atoms with Crippen LogP contribution in [-0.2, 0) is 9.53 Å². The molecule has 0 aliphatic carbocycles. The van der Waals surface area contributed by atoms with Crippen molar-refractivity contribution in [2.75, 3.05) is 13.2 Å². The molecule has 0 unspecified atom stereocenters. The molecule has 2 heterocycles. The van der Waals surface area contributed by atoms with Gasteiger partial charge in [-0.15, -0.1) is 0 Å². The molecule has 0 saturated carbocycles. The van der Waals surface area contributed by atoms with Crippen LogP contribution in [0.5, 0.6) is 6.01 Å². The van der Waals surface area contributed by atoms with Crippen molar-refractivity contribution in [3.63, 3.8) is 0 Å². The van der Waals surface area contributed by atoms with E-state index in [1.807, 2.05) is 153 Å². The van der Waals surface area contributed by atoms with Crippen LogP contribution in [0.15, 0.2) is 187 Å². The normalized spacial score (nSPS) is 10.7. The number of carbonyl (C=O) groups excluding carboxylic acids is 1. The lowest BCUT2D eigenvalue weighted by atomic mass is 10.0. The number of hydrogen-bond acceptors (Lipinski definition) is 5. The van der Waals surface area contributed by atoms with Crippen LogP contribution < -0.4 is 10.4 Å². The topological polar surface area (TPSA) is 91.1 Å². The number of esters is 1. The maximum Gasteiger partial charge on any atom is 0.331 e. The Labute approximate surface area is 332 Å². The second-order valence-corrected chi connectivity index (χ2v) is 13.2. The first-order valence-electron chi connectivity index (χ1n) is 19.2. The Bertz CT molecular complexity index is 2520. The van der Waals surface area contributed by atoms with E-state index in [1.54, 1.807) is 4.57 Å². The van der Waals surface area contributed by atoms with Gasteiger partial charge in [-0.05, 0) is 44.0 Å². The summed E-state index contributed by atoms with van der Waals surface area (Å²) >= 11 is 0. The number of imidazole rings is 2. The molecule has 1 N–H and O–H groups in total. The Balaban J connectivity index is 0.000000183. The molecular formula is C49H44N4O4. The second-order valence-electron chi connectivity index (χ2n) is 13.2. The zero-order chi connectivity index (χ0) is 39.2. The van der Waals surface area contributed by atoms with E-state index in [9.17, 15) is 9.59 Å². The van der Waals surface area contributed by atoms with Crippen molar-refractivity contribution in [3.8, 4) is 62.4 Å². The molecule has 0 aliphatic heterocycles. The fourth-order valence-electron chi connectivity index (χ4n) is 6.68. The monoisotopic (exact) mass is 752 g/mol. The lowest BCUT2D eigenvalue weighted by Crippen LogP contribution is -2.15. The Hall–Kier alpha value is -7.19. The number of ether oxygens (including phenoxy) is 2. The standard InChI is InChI=1S/C28H28N2O3.C21H16N2O/c1-2-32-25(31)20-12-13-21-33-28-29-26(22-14-6-3-7-15-22)27(23-16-8-4-9-17-23)30(28)24-18-10-5-11-19-24;24-21-22-19(16-10-4-1-5-11-16)20(17-12-6-2-7-13-17)23(21)18-14-8-3-9-15-18/h3-11,14-19H,2,12-13,20-21H2,1H3;1-15H,(H,22,24). The van der Waals surface area contributed by atoms with Gasteiger partial charge in [-0.1, -0.05) is 158 Å². The lowest BCUT2D eigenvalue weighted by Gasteiger charge is -2.13. The van der Waals surface area contributed by atoms with Crippen LogP contribution in [0.1, 0.15) is 26.2 Å². The van der Waals surface area contributed by atoms with Crippen molar-refractivity contribution in [3.05, 3.63) is 192 Å². The van der Waals surface area contributed by atoms with Gasteiger partial charge in [-0.3, -0.25) is 13.9 Å². The molecule has 8 aromatic rings. The number of aromatic nitrogens is 4. The Morgan fingerprint density at radius 3 is 1.54 bits per heavy atom. The van der Waals surface area contributed by atoms with Crippen molar-refractivity contribution < 1.29 is 14.3 Å². The highest BCUT2D eigenvalue weighted by Gasteiger charge is 2.22. The van der Waals surface area contributed by atoms with Gasteiger partial charge < -0.3 is 14.5 Å². The van der Waals surface area contributed by atoms with E-state index in [0.717, 1.165) is 62.8 Å². The zero-order valence-corrected chi connectivity index (χ0v) is 31.8. The minimum absolute atomic E-state index is 0.140. The molecule has 0 fully saturated rings. The third kappa shape index (κ3) is 9.20. The molecule has 6 aromatic carbocycles. The summed E-state index contributed by atoms with van der Waals surface area (Å²) in [5.41, 5.74) is 9.31. The highest BCUT2D eigenvalue weighted by Crippen LogP contribution is 2.38. The predicted molar refractivity (Wildman–Crippen MR) is 228 cm³/mol. The van der Waals surface area contributed by atoms with Crippen molar-refractivity contribution in [1.82, 2.24) is 19.1 Å². The number of carbonyl (C=O) groups is 1. The van der Waals surface area contributed by atoms with Crippen molar-refractivity contribution >= 4 is 5.97 Å². The van der Waals surface area contributed by atoms with Crippen LogP contribution >= 0.6 is 0 Å². The highest BCUT2D eigenvalue weighted by atomic mass is 16.5. The summed E-state index contributed by atoms with van der Waals surface area (Å²) in [4.78, 5) is 32.3. The average Bonchev–Trinajstić information content (AvgIpc) is 3.84. The summed E-state index contributed by atoms with van der Waals surface area (Å²) in [6.45, 7) is 2.69. The van der Waals surface area contributed by atoms with Gasteiger partial charge in [0.1, 0.15) is 5.69 Å². The average molecular weight is 753 g/mol. The van der Waals surface area contributed by atoms with Gasteiger partial charge in [-0.2, -0.15) is 4.98 Å². The van der Waals surface area contributed by atoms with E-state index >= 15 is 0 Å². The van der Waals surface area contributed by atoms with Gasteiger partial charge in [0.05, 0.1) is 41.7 Å². The van der Waals surface area contributed by atoms with E-state index in [0.29, 0.717) is 32.1 Å². The Morgan fingerprint density at radius 1 is 0.561 bits per heavy atom. The summed E-state index contributed by atoms with van der Waals surface area (Å²) in [5, 5.41) is 0. The number of nitrogens with zero attached hydrogens (tertiary/aromatic N) is 3. The number of hydrogen-bond donors (Lipinski definition) is 1. The van der Waals surface area contributed by atoms with E-state index < -0.39 is 0 Å². The Kier molecular flexibility index (Phi) is 12.6. The molecule has 57 heavy (non-hydrogen) atoms. The van der Waals surface area contributed by atoms with Gasteiger partial charge in [-0.25, -0.2) is 4.79 Å². The van der Waals surface area contributed by atoms with Crippen LogP contribution in [0.3, 0.4) is 0 Å². The van der Waals surface area contributed by atoms with Crippen molar-refractivity contribution in [2.45, 2.75) is 26.2 Å². The highest BCUT2D eigenvalue weighted by molar-refractivity contribution is 5.82. The number of aromatic amines is 1. The smallest absolute Gasteiger partial charge is 0.331 e. The van der Waals surface area contributed by atoms with Crippen LogP contribution in [-0.4, -0.2) is 38.3 Å². The first-order valence-corrected chi connectivity index (χ1v) is 19.2. The summed E-state index contributed by atoms with van der Waals surface area (Å²) in [6.07, 6.45) is 1.85. The van der Waals surface area contributed by atoms with Crippen LogP contribution in [0.25, 0.3) is 56.4 Å². The third-order valence-electron chi connectivity index (χ3n) is 9.29. The molecule has 8 rings (SSSR count). The quantitative estimate of drug-likeness (QED) is 0.0935. The van der Waals surface area contributed by atoms with Gasteiger partial charge in [0.25, 0.3) is 0 Å². The van der Waals surface area contributed by atoms with Gasteiger partial charge >= 0.3 is 17.7 Å². The number of benzene rings is 6. The molecule has 0 saturated heterocycles. The molecular weight excluding hydrogens is 709 g/mol. The van der Waals surface area contributed by atoms with Crippen molar-refractivity contribution in [1.29, 1.82) is 0 Å². The number of unbranched alkanes of at least 4 members (excludes halogenated alkanes) is 1. The number of para-hydroxylation sites is 2. The minimum Gasteiger partial charge on any atom is -0.466 e. The molecule has 0 atom stereocenters. The minimum atomic E-state index is -0.166. The molecule has 284 valence electrons. The molecule has 0 radical (unpaired) electrons. The molecule has 0 amide bonds. The van der Waals surface area contributed by atoms with Crippen LogP contribution in [0, 0.1) is 0 Å². The first-order chi connectivity index (χ1) is 28.1. The molecule has 8 heteroatoms. The van der Waals surface area contributed by atoms with Gasteiger partial charge in [0.15, 0.2) is 0 Å². The second kappa shape index (κ2) is 18.9. The van der Waals surface area contributed by atoms with Gasteiger partial charge in [0.2, 0.25) is 0 Å². The molecule has 8 nitrogen and oxygen atoms in total. The number of H-pyrrole nitrogens is 1. The van der Waals surface area contributed by atoms with E-state index in [-0.39, 0.29) is 11.7 Å². The number of rotatable bonds is 13. The maximum absolute atomic E-state index is 12.7. The predicted octanol–water partition coefficient (Wildman–Crippen LogP) is 10.8. The van der Waals surface area contributed by atoms with Crippen LogP contribution in [0.4, 0.5) is 0 Å². The molecule has 2 aromatic heterocycles. The fraction of sp³-hybridized carbons (Fsp3) is 0.122. The van der Waals surface area contributed by atoms with E-state index in [1.165, 1.54) is 0 Å². The molecule has 0 bridgehead atoms. The molecule has 0 spiro atoms. The van der Waals surface area contributed by atoms with Crippen molar-refractivity contribution in [2.24, 2.45) is 0 Å². The number of nitrogens with one attached hydrogen (secondary N) is 1. The first kappa shape index (κ1) is 38.1. The summed E-state index contributed by atoms with van der Waals surface area (Å²) < 4.78 is 15.0. The summed E-state index contributed by atoms with van der Waals surface area (Å²) in [7, 11) is 0. The Morgan fingerprint density at radius 2 is 1.02 bits per heavy atom. The van der Waals surface area contributed by atoms with Crippen LogP contribution in [0.2, 0.25) is 0 Å². The zero-order valence-electron chi connectivity index (χ0n) is 31.8. The maximum atomic E-state index is 12.7. The van der Waals surface area contributed by atoms with Gasteiger partial charge in [0, 0.05) is 28.7 Å². The lowest BCUT2D eigenvalue weighted by molar-refractivity contribution is -0.143. The van der Waals surface area contributed by atoms with E-state index in [4.69, 9.17) is 14.5 Å². The molecule has 0 aliphatic rings. The third-order valence-corrected chi connectivity index (χ3v) is 9.29. The summed E-state index contributed by atoms with van der Waals surface area (Å²) in [5.74, 6) is -0.166. The largest absolute Gasteiger partial charge is 0.466 e. The SMILES string of the molecule is CCOC(=O)CCCCOc1nc(-c2ccccc2)c(-c2ccccc2)n1-c1ccccc1.O=c1[nH]c(-c2ccccc2)c(-c2ccccc2)n1-c1ccccc1. The summed E-state index contributed by atoms with van der Waals surface area (Å²) in [6, 6.07) is 60.7. The van der Waals surface area contributed by atoms with E-state index in [2.05, 4.69) is 45.9 Å². The fourth-order valence-corrected chi connectivity index (χ4v) is 6.68.